The third-order valence-electron chi connectivity index (χ3n) is 3.49. The number of nitrogens with zero attached hydrogens (tertiary/aromatic N) is 1. The van der Waals surface area contributed by atoms with Crippen LogP contribution in [-0.4, -0.2) is 32.6 Å². The molecule has 0 spiro atoms. The highest BCUT2D eigenvalue weighted by molar-refractivity contribution is 7.89. The van der Waals surface area contributed by atoms with Crippen molar-refractivity contribution >= 4 is 15.7 Å². The lowest BCUT2D eigenvalue weighted by molar-refractivity contribution is -0.390. The Hall–Kier alpha value is -1.58. The number of hydrogen-bond donors (Lipinski definition) is 1. The van der Waals surface area contributed by atoms with Crippen molar-refractivity contribution in [2.24, 2.45) is 5.92 Å². The molecule has 1 aliphatic rings. The van der Waals surface area contributed by atoms with Crippen LogP contribution in [-0.2, 0) is 14.8 Å². The molecule has 0 saturated carbocycles. The minimum atomic E-state index is -4.16. The Labute approximate surface area is 121 Å². The fraction of sp³-hybridized carbons (Fsp3) is 0.500. The zero-order valence-corrected chi connectivity index (χ0v) is 12.1. The summed E-state index contributed by atoms with van der Waals surface area (Å²) in [5, 5.41) is 10.9. The minimum absolute atomic E-state index is 0.00705. The van der Waals surface area contributed by atoms with Gasteiger partial charge >= 0.3 is 5.69 Å². The van der Waals surface area contributed by atoms with Gasteiger partial charge in [-0.15, -0.1) is 0 Å². The summed E-state index contributed by atoms with van der Waals surface area (Å²) in [6, 6.07) is 2.99. The Kier molecular flexibility index (Phi) is 4.55. The summed E-state index contributed by atoms with van der Waals surface area (Å²) in [5.41, 5.74) is -1.04. The van der Waals surface area contributed by atoms with Crippen LogP contribution in [0.25, 0.3) is 0 Å². The molecule has 1 saturated heterocycles. The van der Waals surface area contributed by atoms with Crippen molar-refractivity contribution in [3.05, 3.63) is 34.1 Å². The molecule has 1 heterocycles. The van der Waals surface area contributed by atoms with E-state index in [4.69, 9.17) is 4.74 Å². The van der Waals surface area contributed by atoms with Gasteiger partial charge in [0.1, 0.15) is 0 Å². The van der Waals surface area contributed by atoms with Crippen LogP contribution in [0.2, 0.25) is 0 Å². The van der Waals surface area contributed by atoms with E-state index in [1.807, 2.05) is 6.92 Å². The lowest BCUT2D eigenvalue weighted by Crippen LogP contribution is -2.32. The number of nitro benzene ring substituents is 1. The van der Waals surface area contributed by atoms with Gasteiger partial charge in [-0.3, -0.25) is 10.1 Å². The van der Waals surface area contributed by atoms with Gasteiger partial charge in [-0.1, -0.05) is 6.07 Å². The highest BCUT2D eigenvalue weighted by Gasteiger charge is 2.31. The number of hydrogen-bond acceptors (Lipinski definition) is 5. The standard InChI is InChI=1S/C12H15FN2O5S/c1-8-9(5-6-20-8)7-14-21(18,19)11-4-2-3-10(13)12(11)15(16)17/h2-4,8-9,14H,5-7H2,1H3. The second-order valence-corrected chi connectivity index (χ2v) is 6.56. The molecule has 0 amide bonds. The summed E-state index contributed by atoms with van der Waals surface area (Å²) in [5.74, 6) is -1.19. The molecule has 2 atom stereocenters. The molecular formula is C12H15FN2O5S. The van der Waals surface area contributed by atoms with E-state index in [1.54, 1.807) is 0 Å². The molecule has 2 unspecified atom stereocenters. The predicted molar refractivity (Wildman–Crippen MR) is 71.8 cm³/mol. The zero-order valence-electron chi connectivity index (χ0n) is 11.3. The van der Waals surface area contributed by atoms with Gasteiger partial charge in [0.2, 0.25) is 15.8 Å². The third-order valence-corrected chi connectivity index (χ3v) is 4.95. The maximum atomic E-state index is 13.5. The van der Waals surface area contributed by atoms with Crippen LogP contribution >= 0.6 is 0 Å². The molecule has 7 nitrogen and oxygen atoms in total. The molecule has 0 radical (unpaired) electrons. The third kappa shape index (κ3) is 3.36. The Bertz CT molecular complexity index is 649. The van der Waals surface area contributed by atoms with Crippen molar-refractivity contribution in [2.75, 3.05) is 13.2 Å². The second-order valence-electron chi connectivity index (χ2n) is 4.82. The SMILES string of the molecule is CC1OCCC1CNS(=O)(=O)c1cccc(F)c1[N+](=O)[O-]. The van der Waals surface area contributed by atoms with Gasteiger partial charge in [0.25, 0.3) is 0 Å². The van der Waals surface area contributed by atoms with E-state index in [0.717, 1.165) is 18.2 Å². The van der Waals surface area contributed by atoms with Crippen molar-refractivity contribution in [3.8, 4) is 0 Å². The number of nitrogens with one attached hydrogen (secondary N) is 1. The van der Waals surface area contributed by atoms with Gasteiger partial charge in [0.05, 0.1) is 11.0 Å². The summed E-state index contributed by atoms with van der Waals surface area (Å²) in [4.78, 5) is 9.15. The van der Waals surface area contributed by atoms with E-state index in [0.29, 0.717) is 13.0 Å². The summed E-state index contributed by atoms with van der Waals surface area (Å²) in [6.45, 7) is 2.47. The molecule has 0 bridgehead atoms. The molecule has 1 aliphatic heterocycles. The number of ether oxygens (including phenoxy) is 1. The van der Waals surface area contributed by atoms with Crippen molar-refractivity contribution in [1.29, 1.82) is 0 Å². The number of nitro groups is 1. The van der Waals surface area contributed by atoms with E-state index in [-0.39, 0.29) is 18.6 Å². The molecule has 116 valence electrons. The maximum absolute atomic E-state index is 13.5. The summed E-state index contributed by atoms with van der Waals surface area (Å²) in [6.07, 6.45) is 0.616. The van der Waals surface area contributed by atoms with E-state index in [2.05, 4.69) is 4.72 Å². The largest absolute Gasteiger partial charge is 0.378 e. The Balaban J connectivity index is 2.24. The van der Waals surface area contributed by atoms with Gasteiger partial charge in [-0.05, 0) is 25.5 Å². The topological polar surface area (TPSA) is 98.5 Å². The van der Waals surface area contributed by atoms with Crippen LogP contribution in [0, 0.1) is 21.8 Å². The summed E-state index contributed by atoms with van der Waals surface area (Å²) < 4.78 is 45.4. The number of rotatable bonds is 5. The molecule has 0 aromatic heterocycles. The molecule has 2 rings (SSSR count). The summed E-state index contributed by atoms with van der Waals surface area (Å²) in [7, 11) is -4.16. The highest BCUT2D eigenvalue weighted by atomic mass is 32.2. The predicted octanol–water partition coefficient (Wildman–Crippen LogP) is 1.44. The Morgan fingerprint density at radius 1 is 1.52 bits per heavy atom. The second kappa shape index (κ2) is 6.04. The van der Waals surface area contributed by atoms with Crippen LogP contribution in [0.1, 0.15) is 13.3 Å². The van der Waals surface area contributed by atoms with Gasteiger partial charge in [0.15, 0.2) is 4.90 Å². The lowest BCUT2D eigenvalue weighted by Gasteiger charge is -2.15. The normalized spacial score (nSPS) is 22.4. The number of para-hydroxylation sites is 1. The zero-order chi connectivity index (χ0) is 15.6. The van der Waals surface area contributed by atoms with E-state index < -0.39 is 31.3 Å². The van der Waals surface area contributed by atoms with E-state index >= 15 is 0 Å². The minimum Gasteiger partial charge on any atom is -0.378 e. The van der Waals surface area contributed by atoms with Crippen LogP contribution in [0.3, 0.4) is 0 Å². The van der Waals surface area contributed by atoms with Crippen molar-refractivity contribution in [2.45, 2.75) is 24.3 Å². The molecule has 9 heteroatoms. The van der Waals surface area contributed by atoms with Crippen molar-refractivity contribution in [1.82, 2.24) is 4.72 Å². The van der Waals surface area contributed by atoms with Gasteiger partial charge < -0.3 is 4.74 Å². The molecular weight excluding hydrogens is 303 g/mol. The smallest absolute Gasteiger partial charge is 0.324 e. The lowest BCUT2D eigenvalue weighted by atomic mass is 10.0. The van der Waals surface area contributed by atoms with Crippen LogP contribution in [0.5, 0.6) is 0 Å². The Morgan fingerprint density at radius 3 is 2.81 bits per heavy atom. The van der Waals surface area contributed by atoms with Crippen molar-refractivity contribution in [3.63, 3.8) is 0 Å². The average Bonchev–Trinajstić information content (AvgIpc) is 2.81. The van der Waals surface area contributed by atoms with E-state index in [1.165, 1.54) is 0 Å². The quantitative estimate of drug-likeness (QED) is 0.654. The van der Waals surface area contributed by atoms with Crippen LogP contribution in [0.15, 0.2) is 23.1 Å². The first-order valence-electron chi connectivity index (χ1n) is 6.37. The van der Waals surface area contributed by atoms with Crippen molar-refractivity contribution < 1.29 is 22.5 Å². The molecule has 1 aromatic carbocycles. The molecule has 1 N–H and O–H groups in total. The number of benzene rings is 1. The first-order valence-corrected chi connectivity index (χ1v) is 7.85. The number of halogens is 1. The first-order chi connectivity index (χ1) is 9.83. The molecule has 1 aromatic rings. The van der Waals surface area contributed by atoms with E-state index in [9.17, 15) is 22.9 Å². The first kappa shape index (κ1) is 15.8. The van der Waals surface area contributed by atoms with Gasteiger partial charge in [-0.2, -0.15) is 4.39 Å². The fourth-order valence-corrected chi connectivity index (χ4v) is 3.50. The van der Waals surface area contributed by atoms with Gasteiger partial charge in [0, 0.05) is 19.1 Å². The summed E-state index contributed by atoms with van der Waals surface area (Å²) >= 11 is 0. The fourth-order valence-electron chi connectivity index (χ4n) is 2.23. The van der Waals surface area contributed by atoms with Crippen LogP contribution in [0.4, 0.5) is 10.1 Å². The number of sulfonamides is 1. The monoisotopic (exact) mass is 318 g/mol. The molecule has 1 fully saturated rings. The molecule has 0 aliphatic carbocycles. The molecule has 21 heavy (non-hydrogen) atoms. The van der Waals surface area contributed by atoms with Gasteiger partial charge in [-0.25, -0.2) is 13.1 Å². The Morgan fingerprint density at radius 2 is 2.24 bits per heavy atom. The average molecular weight is 318 g/mol. The van der Waals surface area contributed by atoms with Crippen LogP contribution < -0.4 is 4.72 Å². The highest BCUT2D eigenvalue weighted by Crippen LogP contribution is 2.27. The maximum Gasteiger partial charge on any atom is 0.324 e.